The van der Waals surface area contributed by atoms with Gasteiger partial charge in [0.25, 0.3) is 0 Å². The Morgan fingerprint density at radius 1 is 1.27 bits per heavy atom. The number of aryl methyl sites for hydroxylation is 1. The fourth-order valence-corrected chi connectivity index (χ4v) is 2.11. The Hall–Kier alpha value is -2.33. The molecule has 0 saturated carbocycles. The number of benzene rings is 2. The molecule has 0 saturated heterocycles. The van der Waals surface area contributed by atoms with Crippen molar-refractivity contribution in [1.82, 2.24) is 5.43 Å². The number of carbonyl (C=O) groups is 1. The number of ether oxygens (including phenoxy) is 1. The van der Waals surface area contributed by atoms with Crippen LogP contribution in [0, 0.1) is 6.92 Å². The molecular weight excluding hydrogens is 300 g/mol. The van der Waals surface area contributed by atoms with Gasteiger partial charge in [-0.1, -0.05) is 23.7 Å². The van der Waals surface area contributed by atoms with Crippen molar-refractivity contribution in [3.63, 3.8) is 0 Å². The summed E-state index contributed by atoms with van der Waals surface area (Å²) in [5.74, 6) is 0.646. The van der Waals surface area contributed by atoms with Crippen LogP contribution in [-0.2, 0) is 11.2 Å². The van der Waals surface area contributed by atoms with E-state index < -0.39 is 0 Å². The van der Waals surface area contributed by atoms with Crippen molar-refractivity contribution in [3.05, 3.63) is 64.2 Å². The van der Waals surface area contributed by atoms with Crippen LogP contribution in [-0.4, -0.2) is 19.2 Å². The summed E-state index contributed by atoms with van der Waals surface area (Å²) in [6, 6.07) is 12.8. The SMILES string of the molecule is COc1ccc(/C=N/NC(=O)Cc2ccc(Cl)cc2)cc1C. The highest BCUT2D eigenvalue weighted by molar-refractivity contribution is 6.30. The largest absolute Gasteiger partial charge is 0.496 e. The minimum atomic E-state index is -0.177. The molecule has 0 atom stereocenters. The average Bonchev–Trinajstić information content (AvgIpc) is 2.50. The number of hydrogen-bond acceptors (Lipinski definition) is 3. The van der Waals surface area contributed by atoms with Crippen LogP contribution in [0.2, 0.25) is 5.02 Å². The predicted molar refractivity (Wildman–Crippen MR) is 88.6 cm³/mol. The Balaban J connectivity index is 1.90. The second-order valence-electron chi connectivity index (χ2n) is 4.83. The van der Waals surface area contributed by atoms with E-state index in [1.165, 1.54) is 0 Å². The van der Waals surface area contributed by atoms with Gasteiger partial charge in [-0.3, -0.25) is 4.79 Å². The van der Waals surface area contributed by atoms with E-state index in [9.17, 15) is 4.79 Å². The van der Waals surface area contributed by atoms with Gasteiger partial charge in [-0.15, -0.1) is 0 Å². The van der Waals surface area contributed by atoms with Crippen molar-refractivity contribution >= 4 is 23.7 Å². The lowest BCUT2D eigenvalue weighted by Crippen LogP contribution is -2.19. The smallest absolute Gasteiger partial charge is 0.244 e. The Bertz CT molecular complexity index is 682. The van der Waals surface area contributed by atoms with Crippen LogP contribution >= 0.6 is 11.6 Å². The highest BCUT2D eigenvalue weighted by Gasteiger charge is 2.02. The number of nitrogens with zero attached hydrogens (tertiary/aromatic N) is 1. The van der Waals surface area contributed by atoms with Crippen molar-refractivity contribution in [1.29, 1.82) is 0 Å². The molecule has 2 aromatic rings. The standard InChI is InChI=1S/C17H17ClN2O2/c1-12-9-14(5-8-16(12)22-2)11-19-20-17(21)10-13-3-6-15(18)7-4-13/h3-9,11H,10H2,1-2H3,(H,20,21)/b19-11+. The lowest BCUT2D eigenvalue weighted by atomic mass is 10.1. The molecule has 1 amide bonds. The van der Waals surface area contributed by atoms with Gasteiger partial charge < -0.3 is 4.74 Å². The van der Waals surface area contributed by atoms with E-state index in [1.54, 1.807) is 25.5 Å². The van der Waals surface area contributed by atoms with Gasteiger partial charge in [0.15, 0.2) is 0 Å². The van der Waals surface area contributed by atoms with Gasteiger partial charge in [0.1, 0.15) is 5.75 Å². The Morgan fingerprint density at radius 2 is 2.00 bits per heavy atom. The molecule has 0 bridgehead atoms. The summed E-state index contributed by atoms with van der Waals surface area (Å²) in [5.41, 5.74) is 5.30. The molecule has 0 spiro atoms. The predicted octanol–water partition coefficient (Wildman–Crippen LogP) is 3.35. The molecule has 0 heterocycles. The van der Waals surface area contributed by atoms with Crippen LogP contribution in [0.1, 0.15) is 16.7 Å². The Labute approximate surface area is 134 Å². The van der Waals surface area contributed by atoms with E-state index >= 15 is 0 Å². The monoisotopic (exact) mass is 316 g/mol. The molecule has 2 aromatic carbocycles. The number of amides is 1. The maximum atomic E-state index is 11.8. The molecule has 1 N–H and O–H groups in total. The summed E-state index contributed by atoms with van der Waals surface area (Å²) >= 11 is 5.80. The first-order valence-electron chi connectivity index (χ1n) is 6.79. The first kappa shape index (κ1) is 16.0. The quantitative estimate of drug-likeness (QED) is 0.679. The highest BCUT2D eigenvalue weighted by Crippen LogP contribution is 2.17. The van der Waals surface area contributed by atoms with Crippen molar-refractivity contribution < 1.29 is 9.53 Å². The van der Waals surface area contributed by atoms with Crippen molar-refractivity contribution in [2.45, 2.75) is 13.3 Å². The second-order valence-corrected chi connectivity index (χ2v) is 5.26. The Kier molecular flexibility index (Phi) is 5.55. The zero-order chi connectivity index (χ0) is 15.9. The minimum Gasteiger partial charge on any atom is -0.496 e. The van der Waals surface area contributed by atoms with Crippen LogP contribution in [0.15, 0.2) is 47.6 Å². The molecule has 0 aliphatic heterocycles. The molecule has 0 radical (unpaired) electrons. The summed E-state index contributed by atoms with van der Waals surface area (Å²) in [6.45, 7) is 1.95. The van der Waals surface area contributed by atoms with E-state index in [4.69, 9.17) is 16.3 Å². The third kappa shape index (κ3) is 4.60. The van der Waals surface area contributed by atoms with Crippen molar-refractivity contribution in [3.8, 4) is 5.75 Å². The van der Waals surface area contributed by atoms with Gasteiger partial charge in [0, 0.05) is 5.02 Å². The van der Waals surface area contributed by atoms with Gasteiger partial charge in [-0.05, 0) is 53.9 Å². The number of halogens is 1. The summed E-state index contributed by atoms with van der Waals surface area (Å²) in [7, 11) is 1.63. The summed E-state index contributed by atoms with van der Waals surface area (Å²) in [4.78, 5) is 11.8. The number of methoxy groups -OCH3 is 1. The van der Waals surface area contributed by atoms with Gasteiger partial charge in [0.05, 0.1) is 19.7 Å². The van der Waals surface area contributed by atoms with Crippen LogP contribution in [0.3, 0.4) is 0 Å². The third-order valence-electron chi connectivity index (χ3n) is 3.10. The number of carbonyl (C=O) groups excluding carboxylic acids is 1. The van der Waals surface area contributed by atoms with E-state index in [0.717, 1.165) is 22.4 Å². The van der Waals surface area contributed by atoms with E-state index in [0.29, 0.717) is 5.02 Å². The molecule has 22 heavy (non-hydrogen) atoms. The molecular formula is C17H17ClN2O2. The van der Waals surface area contributed by atoms with Gasteiger partial charge >= 0.3 is 0 Å². The Morgan fingerprint density at radius 3 is 2.64 bits per heavy atom. The average molecular weight is 317 g/mol. The van der Waals surface area contributed by atoms with Gasteiger partial charge in [-0.25, -0.2) is 5.43 Å². The number of nitrogens with one attached hydrogen (secondary N) is 1. The van der Waals surface area contributed by atoms with Gasteiger partial charge in [-0.2, -0.15) is 5.10 Å². The molecule has 114 valence electrons. The summed E-state index contributed by atoms with van der Waals surface area (Å²) < 4.78 is 5.19. The fraction of sp³-hybridized carbons (Fsp3) is 0.176. The van der Waals surface area contributed by atoms with Crippen LogP contribution < -0.4 is 10.2 Å². The molecule has 5 heteroatoms. The first-order valence-corrected chi connectivity index (χ1v) is 7.17. The lowest BCUT2D eigenvalue weighted by molar-refractivity contribution is -0.120. The molecule has 0 fully saturated rings. The highest BCUT2D eigenvalue weighted by atomic mass is 35.5. The van der Waals surface area contributed by atoms with Crippen LogP contribution in [0.4, 0.5) is 0 Å². The maximum absolute atomic E-state index is 11.8. The maximum Gasteiger partial charge on any atom is 0.244 e. The second kappa shape index (κ2) is 7.61. The first-order chi connectivity index (χ1) is 10.6. The fourth-order valence-electron chi connectivity index (χ4n) is 1.99. The molecule has 0 aliphatic rings. The molecule has 4 nitrogen and oxygen atoms in total. The van der Waals surface area contributed by atoms with E-state index in [2.05, 4.69) is 10.5 Å². The van der Waals surface area contributed by atoms with Crippen molar-refractivity contribution in [2.75, 3.05) is 7.11 Å². The molecule has 0 unspecified atom stereocenters. The summed E-state index contributed by atoms with van der Waals surface area (Å²) in [6.07, 6.45) is 1.86. The van der Waals surface area contributed by atoms with E-state index in [-0.39, 0.29) is 12.3 Å². The third-order valence-corrected chi connectivity index (χ3v) is 3.35. The summed E-state index contributed by atoms with van der Waals surface area (Å²) in [5, 5.41) is 4.61. The van der Waals surface area contributed by atoms with Crippen LogP contribution in [0.25, 0.3) is 0 Å². The van der Waals surface area contributed by atoms with Crippen molar-refractivity contribution in [2.24, 2.45) is 5.10 Å². The van der Waals surface area contributed by atoms with Gasteiger partial charge in [0.2, 0.25) is 5.91 Å². The van der Waals surface area contributed by atoms with E-state index in [1.807, 2.05) is 37.3 Å². The normalized spacial score (nSPS) is 10.7. The topological polar surface area (TPSA) is 50.7 Å². The number of hydrogen-bond donors (Lipinski definition) is 1. The molecule has 0 aliphatic carbocycles. The lowest BCUT2D eigenvalue weighted by Gasteiger charge is -2.04. The zero-order valence-electron chi connectivity index (χ0n) is 12.5. The minimum absolute atomic E-state index is 0.177. The zero-order valence-corrected chi connectivity index (χ0v) is 13.2. The molecule has 0 aromatic heterocycles. The number of hydrazone groups is 1. The van der Waals surface area contributed by atoms with Crippen LogP contribution in [0.5, 0.6) is 5.75 Å². The molecule has 2 rings (SSSR count). The number of rotatable bonds is 5.